The Hall–Kier alpha value is -2.13. The average Bonchev–Trinajstić information content (AvgIpc) is 2.66. The molecule has 2 aliphatic rings. The lowest BCUT2D eigenvalue weighted by atomic mass is 10.0. The van der Waals surface area contributed by atoms with E-state index in [1.807, 2.05) is 6.07 Å². The molecule has 0 atom stereocenters. The molecule has 1 fully saturated rings. The van der Waals surface area contributed by atoms with Crippen LogP contribution in [0.15, 0.2) is 18.2 Å². The van der Waals surface area contributed by atoms with Gasteiger partial charge in [0.05, 0.1) is 5.75 Å². The van der Waals surface area contributed by atoms with Crippen LogP contribution in [0.25, 0.3) is 0 Å². The predicted molar refractivity (Wildman–Crippen MR) is 96.5 cm³/mol. The highest BCUT2D eigenvalue weighted by atomic mass is 32.2. The summed E-state index contributed by atoms with van der Waals surface area (Å²) in [5.41, 5.74) is 1.78. The summed E-state index contributed by atoms with van der Waals surface area (Å²) in [4.78, 5) is 25.3. The predicted octanol–water partition coefficient (Wildman–Crippen LogP) is 0.444. The molecule has 2 aliphatic heterocycles. The van der Waals surface area contributed by atoms with E-state index in [1.54, 1.807) is 24.0 Å². The third-order valence-electron chi connectivity index (χ3n) is 4.68. The van der Waals surface area contributed by atoms with Crippen molar-refractivity contribution in [3.63, 3.8) is 0 Å². The molecular formula is C17H23N3O5S. The average molecular weight is 381 g/mol. The van der Waals surface area contributed by atoms with Crippen LogP contribution in [0.3, 0.4) is 0 Å². The molecule has 0 spiro atoms. The summed E-state index contributed by atoms with van der Waals surface area (Å²) in [7, 11) is -3.20. The molecule has 8 nitrogen and oxygen atoms in total. The zero-order valence-electron chi connectivity index (χ0n) is 14.7. The molecule has 9 heteroatoms. The van der Waals surface area contributed by atoms with E-state index >= 15 is 0 Å². The van der Waals surface area contributed by atoms with Crippen LogP contribution in [0.5, 0.6) is 5.75 Å². The molecular weight excluding hydrogens is 358 g/mol. The maximum Gasteiger partial charge on any atom is 0.260 e. The minimum atomic E-state index is -3.20. The van der Waals surface area contributed by atoms with Gasteiger partial charge in [-0.2, -0.15) is 4.31 Å². The van der Waals surface area contributed by atoms with E-state index in [4.69, 9.17) is 4.74 Å². The van der Waals surface area contributed by atoms with Gasteiger partial charge in [-0.1, -0.05) is 0 Å². The number of aryl methyl sites for hydroxylation is 1. The standard InChI is InChI=1S/C17H23N3O5S/c1-2-26(23,24)20-9-7-19(8-10-20)17(22)12-25-14-4-5-15-13(11-14)3-6-16(21)18-15/h4-5,11H,2-3,6-10,12H2,1H3,(H,18,21). The molecule has 0 aromatic heterocycles. The number of piperazine rings is 1. The fourth-order valence-electron chi connectivity index (χ4n) is 3.08. The van der Waals surface area contributed by atoms with E-state index in [2.05, 4.69) is 5.32 Å². The van der Waals surface area contributed by atoms with Gasteiger partial charge in [0, 0.05) is 38.3 Å². The van der Waals surface area contributed by atoms with Crippen molar-refractivity contribution in [1.29, 1.82) is 0 Å². The second-order valence-electron chi connectivity index (χ2n) is 6.34. The Bertz CT molecular complexity index is 801. The summed E-state index contributed by atoms with van der Waals surface area (Å²) in [5, 5.41) is 2.80. The number of hydrogen-bond donors (Lipinski definition) is 1. The van der Waals surface area contributed by atoms with Gasteiger partial charge in [0.2, 0.25) is 15.9 Å². The number of nitrogens with one attached hydrogen (secondary N) is 1. The van der Waals surface area contributed by atoms with Gasteiger partial charge >= 0.3 is 0 Å². The van der Waals surface area contributed by atoms with E-state index in [0.717, 1.165) is 11.3 Å². The van der Waals surface area contributed by atoms with E-state index in [9.17, 15) is 18.0 Å². The minimum absolute atomic E-state index is 0.00516. The van der Waals surface area contributed by atoms with E-state index in [-0.39, 0.29) is 24.2 Å². The SMILES string of the molecule is CCS(=O)(=O)N1CCN(C(=O)COc2ccc3c(c2)CCC(=O)N3)CC1. The highest BCUT2D eigenvalue weighted by Gasteiger charge is 2.27. The number of nitrogens with zero attached hydrogens (tertiary/aromatic N) is 2. The molecule has 1 aromatic carbocycles. The van der Waals surface area contributed by atoms with Crippen LogP contribution in [0.1, 0.15) is 18.9 Å². The minimum Gasteiger partial charge on any atom is -0.484 e. The monoisotopic (exact) mass is 381 g/mol. The van der Waals surface area contributed by atoms with Crippen LogP contribution >= 0.6 is 0 Å². The third-order valence-corrected chi connectivity index (χ3v) is 6.57. The maximum atomic E-state index is 12.3. The van der Waals surface area contributed by atoms with Crippen LogP contribution in [0.2, 0.25) is 0 Å². The molecule has 3 rings (SSSR count). The number of fused-ring (bicyclic) bond motifs is 1. The molecule has 0 saturated carbocycles. The van der Waals surface area contributed by atoms with Crippen molar-refractivity contribution in [2.24, 2.45) is 0 Å². The Morgan fingerprint density at radius 3 is 2.62 bits per heavy atom. The molecule has 2 amide bonds. The molecule has 1 N–H and O–H groups in total. The Morgan fingerprint density at radius 1 is 1.19 bits per heavy atom. The second kappa shape index (κ2) is 7.63. The van der Waals surface area contributed by atoms with Gasteiger partial charge in [-0.05, 0) is 37.1 Å². The summed E-state index contributed by atoms with van der Waals surface area (Å²) < 4.78 is 30.7. The Kier molecular flexibility index (Phi) is 5.47. The highest BCUT2D eigenvalue weighted by molar-refractivity contribution is 7.89. The Morgan fingerprint density at radius 2 is 1.92 bits per heavy atom. The van der Waals surface area contributed by atoms with E-state index < -0.39 is 10.0 Å². The molecule has 0 unspecified atom stereocenters. The number of amides is 2. The summed E-state index contributed by atoms with van der Waals surface area (Å²) in [6.45, 7) is 2.91. The van der Waals surface area contributed by atoms with Crippen LogP contribution in [-0.4, -0.2) is 68.0 Å². The summed E-state index contributed by atoms with van der Waals surface area (Å²) in [6.07, 6.45) is 1.10. The van der Waals surface area contributed by atoms with Gasteiger partial charge in [-0.25, -0.2) is 8.42 Å². The largest absolute Gasteiger partial charge is 0.484 e. The van der Waals surface area contributed by atoms with Crippen molar-refractivity contribution in [2.45, 2.75) is 19.8 Å². The summed E-state index contributed by atoms with van der Waals surface area (Å²) >= 11 is 0. The van der Waals surface area contributed by atoms with Gasteiger partial charge in [0.25, 0.3) is 5.91 Å². The molecule has 26 heavy (non-hydrogen) atoms. The smallest absolute Gasteiger partial charge is 0.260 e. The van der Waals surface area contributed by atoms with Gasteiger partial charge in [0.1, 0.15) is 5.75 Å². The van der Waals surface area contributed by atoms with Crippen molar-refractivity contribution >= 4 is 27.5 Å². The molecule has 142 valence electrons. The van der Waals surface area contributed by atoms with Crippen LogP contribution in [0.4, 0.5) is 5.69 Å². The first-order valence-electron chi connectivity index (χ1n) is 8.70. The van der Waals surface area contributed by atoms with Crippen LogP contribution in [0, 0.1) is 0 Å². The number of hydrogen-bond acceptors (Lipinski definition) is 5. The number of rotatable bonds is 5. The van der Waals surface area contributed by atoms with Gasteiger partial charge in [-0.3, -0.25) is 9.59 Å². The zero-order chi connectivity index (χ0) is 18.7. The van der Waals surface area contributed by atoms with E-state index in [0.29, 0.717) is 44.8 Å². The molecule has 2 heterocycles. The number of benzene rings is 1. The Balaban J connectivity index is 1.51. The van der Waals surface area contributed by atoms with Crippen molar-refractivity contribution in [3.8, 4) is 5.75 Å². The zero-order valence-corrected chi connectivity index (χ0v) is 15.5. The van der Waals surface area contributed by atoms with Crippen molar-refractivity contribution in [2.75, 3.05) is 43.9 Å². The lowest BCUT2D eigenvalue weighted by molar-refractivity contribution is -0.134. The van der Waals surface area contributed by atoms with Gasteiger partial charge < -0.3 is 15.0 Å². The van der Waals surface area contributed by atoms with Crippen LogP contribution < -0.4 is 10.1 Å². The van der Waals surface area contributed by atoms with Gasteiger partial charge in [-0.15, -0.1) is 0 Å². The molecule has 1 aromatic rings. The second-order valence-corrected chi connectivity index (χ2v) is 8.59. The maximum absolute atomic E-state index is 12.3. The normalized spacial score (nSPS) is 18.2. The van der Waals surface area contributed by atoms with Crippen molar-refractivity contribution in [1.82, 2.24) is 9.21 Å². The first kappa shape index (κ1) is 18.7. The molecule has 0 radical (unpaired) electrons. The Labute approximate surface area is 153 Å². The van der Waals surface area contributed by atoms with Crippen molar-refractivity contribution in [3.05, 3.63) is 23.8 Å². The third kappa shape index (κ3) is 4.16. The fourth-order valence-corrected chi connectivity index (χ4v) is 4.17. The number of anilines is 1. The first-order chi connectivity index (χ1) is 12.4. The molecule has 0 bridgehead atoms. The summed E-state index contributed by atoms with van der Waals surface area (Å²) in [5.74, 6) is 0.499. The number of carbonyl (C=O) groups excluding carboxylic acids is 2. The number of ether oxygens (including phenoxy) is 1. The first-order valence-corrected chi connectivity index (χ1v) is 10.3. The highest BCUT2D eigenvalue weighted by Crippen LogP contribution is 2.26. The quantitative estimate of drug-likeness (QED) is 0.799. The van der Waals surface area contributed by atoms with E-state index in [1.165, 1.54) is 4.31 Å². The number of carbonyl (C=O) groups is 2. The topological polar surface area (TPSA) is 96.0 Å². The molecule has 0 aliphatic carbocycles. The lowest BCUT2D eigenvalue weighted by Gasteiger charge is -2.33. The fraction of sp³-hybridized carbons (Fsp3) is 0.529. The lowest BCUT2D eigenvalue weighted by Crippen LogP contribution is -2.51. The van der Waals surface area contributed by atoms with Crippen molar-refractivity contribution < 1.29 is 22.7 Å². The van der Waals surface area contributed by atoms with Crippen LogP contribution in [-0.2, 0) is 26.0 Å². The van der Waals surface area contributed by atoms with Gasteiger partial charge in [0.15, 0.2) is 6.61 Å². The molecule has 1 saturated heterocycles. The number of sulfonamides is 1. The summed E-state index contributed by atoms with van der Waals surface area (Å²) in [6, 6.07) is 5.35.